The number of hydrogen-bond donors (Lipinski definition) is 2. The van der Waals surface area contributed by atoms with E-state index in [2.05, 4.69) is 28.3 Å². The molecular formula is C20H19ClN4O. The summed E-state index contributed by atoms with van der Waals surface area (Å²) in [5.74, 6) is 1.33. The lowest BCUT2D eigenvalue weighted by molar-refractivity contribution is 0.306. The minimum Gasteiger partial charge on any atom is -0.485 e. The van der Waals surface area contributed by atoms with Crippen LogP contribution in [0.5, 0.6) is 5.75 Å². The quantitative estimate of drug-likeness (QED) is 0.508. The molecule has 0 aliphatic carbocycles. The number of anilines is 1. The Balaban J connectivity index is 1.72. The Bertz CT molecular complexity index is 910. The summed E-state index contributed by atoms with van der Waals surface area (Å²) in [5.41, 5.74) is 8.97. The molecule has 0 fully saturated rings. The lowest BCUT2D eigenvalue weighted by atomic mass is 10.1. The van der Waals surface area contributed by atoms with Crippen molar-refractivity contribution in [3.05, 3.63) is 83.0 Å². The number of benzene rings is 2. The van der Waals surface area contributed by atoms with E-state index >= 15 is 0 Å². The van der Waals surface area contributed by atoms with Crippen LogP contribution in [0.4, 0.5) is 11.5 Å². The van der Waals surface area contributed by atoms with E-state index in [-0.39, 0.29) is 5.96 Å². The Labute approximate surface area is 157 Å². The Morgan fingerprint density at radius 2 is 1.88 bits per heavy atom. The Hall–Kier alpha value is -3.05. The summed E-state index contributed by atoms with van der Waals surface area (Å²) in [7, 11) is 0. The predicted octanol–water partition coefficient (Wildman–Crippen LogP) is 4.68. The van der Waals surface area contributed by atoms with Gasteiger partial charge in [0.2, 0.25) is 0 Å². The number of guanidine groups is 1. The van der Waals surface area contributed by atoms with E-state index in [1.807, 2.05) is 30.3 Å². The standard InChI is InChI=1S/C20H19ClN4O/c1-14-5-2-3-6-15(14)13-26-18-7-4-12-23-19(18)25-20(22)24-17-10-8-16(21)9-11-17/h2-12H,13H2,1H3,(H3,22,23,24,25). The van der Waals surface area contributed by atoms with E-state index in [9.17, 15) is 0 Å². The second-order valence-electron chi connectivity index (χ2n) is 5.66. The molecule has 0 aliphatic rings. The summed E-state index contributed by atoms with van der Waals surface area (Å²) in [6, 6.07) is 18.8. The summed E-state index contributed by atoms with van der Waals surface area (Å²) >= 11 is 5.87. The first-order valence-electron chi connectivity index (χ1n) is 8.11. The van der Waals surface area contributed by atoms with E-state index in [1.54, 1.807) is 30.5 Å². The molecule has 3 aromatic rings. The van der Waals surface area contributed by atoms with E-state index in [0.29, 0.717) is 28.9 Å². The molecule has 3 N–H and O–H groups in total. The van der Waals surface area contributed by atoms with Crippen molar-refractivity contribution in [2.45, 2.75) is 13.5 Å². The van der Waals surface area contributed by atoms with Crippen molar-refractivity contribution in [1.29, 1.82) is 0 Å². The molecule has 3 rings (SSSR count). The van der Waals surface area contributed by atoms with Crippen LogP contribution in [0, 0.1) is 6.92 Å². The summed E-state index contributed by atoms with van der Waals surface area (Å²) in [6.45, 7) is 2.50. The molecule has 0 bridgehead atoms. The van der Waals surface area contributed by atoms with E-state index in [4.69, 9.17) is 22.1 Å². The van der Waals surface area contributed by atoms with Gasteiger partial charge in [-0.25, -0.2) is 9.98 Å². The highest BCUT2D eigenvalue weighted by atomic mass is 35.5. The van der Waals surface area contributed by atoms with Gasteiger partial charge in [0.25, 0.3) is 0 Å². The molecule has 132 valence electrons. The maximum Gasteiger partial charge on any atom is 0.199 e. The lowest BCUT2D eigenvalue weighted by Gasteiger charge is -2.12. The van der Waals surface area contributed by atoms with Gasteiger partial charge >= 0.3 is 0 Å². The molecule has 0 aliphatic heterocycles. The van der Waals surface area contributed by atoms with Crippen LogP contribution in [0.2, 0.25) is 5.02 Å². The second kappa shape index (κ2) is 8.36. The van der Waals surface area contributed by atoms with Crippen molar-refractivity contribution in [3.63, 3.8) is 0 Å². The van der Waals surface area contributed by atoms with Crippen molar-refractivity contribution in [1.82, 2.24) is 4.98 Å². The number of nitrogens with zero attached hydrogens (tertiary/aromatic N) is 2. The third-order valence-corrected chi connectivity index (χ3v) is 3.99. The Morgan fingerprint density at radius 3 is 2.65 bits per heavy atom. The fourth-order valence-corrected chi connectivity index (χ4v) is 2.46. The van der Waals surface area contributed by atoms with Crippen molar-refractivity contribution in [3.8, 4) is 5.75 Å². The second-order valence-corrected chi connectivity index (χ2v) is 6.10. The number of hydrogen-bond acceptors (Lipinski definition) is 3. The highest BCUT2D eigenvalue weighted by molar-refractivity contribution is 6.30. The monoisotopic (exact) mass is 366 g/mol. The maximum absolute atomic E-state index is 5.99. The van der Waals surface area contributed by atoms with Gasteiger partial charge in [0.1, 0.15) is 6.61 Å². The van der Waals surface area contributed by atoms with Crippen molar-refractivity contribution >= 4 is 29.1 Å². The zero-order valence-electron chi connectivity index (χ0n) is 14.3. The van der Waals surface area contributed by atoms with Crippen LogP contribution >= 0.6 is 11.6 Å². The molecule has 2 aromatic carbocycles. The summed E-state index contributed by atoms with van der Waals surface area (Å²) in [4.78, 5) is 8.59. The number of aryl methyl sites for hydroxylation is 1. The molecule has 0 saturated heterocycles. The van der Waals surface area contributed by atoms with Crippen LogP contribution in [0.15, 0.2) is 71.9 Å². The average Bonchev–Trinajstić information content (AvgIpc) is 2.64. The number of aromatic nitrogens is 1. The number of halogens is 1. The van der Waals surface area contributed by atoms with Gasteiger partial charge in [0.05, 0.1) is 5.69 Å². The van der Waals surface area contributed by atoms with Gasteiger partial charge in [-0.1, -0.05) is 35.9 Å². The van der Waals surface area contributed by atoms with Gasteiger partial charge in [-0.05, 0) is 54.4 Å². The number of rotatable bonds is 5. The number of pyridine rings is 1. The van der Waals surface area contributed by atoms with Crippen LogP contribution in [0.25, 0.3) is 0 Å². The third kappa shape index (κ3) is 4.74. The van der Waals surface area contributed by atoms with Crippen LogP contribution < -0.4 is 15.8 Å². The molecule has 0 atom stereocenters. The topological polar surface area (TPSA) is 72.5 Å². The lowest BCUT2D eigenvalue weighted by Crippen LogP contribution is -2.23. The summed E-state index contributed by atoms with van der Waals surface area (Å²) in [5, 5.41) is 3.63. The van der Waals surface area contributed by atoms with Gasteiger partial charge in [0.15, 0.2) is 17.5 Å². The first kappa shape index (κ1) is 17.8. The zero-order chi connectivity index (χ0) is 18.4. The van der Waals surface area contributed by atoms with Gasteiger partial charge < -0.3 is 15.8 Å². The zero-order valence-corrected chi connectivity index (χ0v) is 15.1. The highest BCUT2D eigenvalue weighted by Crippen LogP contribution is 2.23. The average molecular weight is 367 g/mol. The first-order valence-corrected chi connectivity index (χ1v) is 8.49. The number of nitrogens with one attached hydrogen (secondary N) is 1. The predicted molar refractivity (Wildman–Crippen MR) is 106 cm³/mol. The van der Waals surface area contributed by atoms with E-state index in [0.717, 1.165) is 5.56 Å². The number of ether oxygens (including phenoxy) is 1. The Morgan fingerprint density at radius 1 is 1.12 bits per heavy atom. The fourth-order valence-electron chi connectivity index (χ4n) is 2.33. The molecule has 6 heteroatoms. The minimum atomic E-state index is 0.215. The molecule has 0 unspecified atom stereocenters. The normalized spacial score (nSPS) is 11.2. The molecule has 0 radical (unpaired) electrons. The van der Waals surface area contributed by atoms with Crippen LogP contribution in [-0.2, 0) is 6.61 Å². The molecule has 0 spiro atoms. The molecule has 0 saturated carbocycles. The van der Waals surface area contributed by atoms with Crippen LogP contribution in [-0.4, -0.2) is 10.9 Å². The number of aliphatic imine (C=N–C) groups is 1. The molecule has 26 heavy (non-hydrogen) atoms. The first-order chi connectivity index (χ1) is 12.6. The smallest absolute Gasteiger partial charge is 0.199 e. The highest BCUT2D eigenvalue weighted by Gasteiger charge is 2.07. The van der Waals surface area contributed by atoms with E-state index in [1.165, 1.54) is 5.56 Å². The molecule has 1 heterocycles. The maximum atomic E-state index is 5.99. The number of nitrogens with two attached hydrogens (primary N) is 1. The van der Waals surface area contributed by atoms with Crippen molar-refractivity contribution in [2.75, 3.05) is 5.32 Å². The minimum absolute atomic E-state index is 0.215. The molecule has 5 nitrogen and oxygen atoms in total. The van der Waals surface area contributed by atoms with Gasteiger partial charge in [-0.15, -0.1) is 0 Å². The van der Waals surface area contributed by atoms with Crippen LogP contribution in [0.1, 0.15) is 11.1 Å². The van der Waals surface area contributed by atoms with Crippen molar-refractivity contribution < 1.29 is 4.74 Å². The van der Waals surface area contributed by atoms with E-state index < -0.39 is 0 Å². The van der Waals surface area contributed by atoms with Gasteiger partial charge in [0, 0.05) is 11.2 Å². The summed E-state index contributed by atoms with van der Waals surface area (Å²) in [6.07, 6.45) is 1.67. The van der Waals surface area contributed by atoms with Crippen molar-refractivity contribution in [2.24, 2.45) is 10.7 Å². The van der Waals surface area contributed by atoms with Gasteiger partial charge in [-0.2, -0.15) is 0 Å². The summed E-state index contributed by atoms with van der Waals surface area (Å²) < 4.78 is 5.92. The molecule has 1 aromatic heterocycles. The Kier molecular flexibility index (Phi) is 5.71. The third-order valence-electron chi connectivity index (χ3n) is 3.74. The molecular weight excluding hydrogens is 348 g/mol. The largest absolute Gasteiger partial charge is 0.485 e. The van der Waals surface area contributed by atoms with Gasteiger partial charge in [-0.3, -0.25) is 0 Å². The molecule has 0 amide bonds. The fraction of sp³-hybridized carbons (Fsp3) is 0.100. The SMILES string of the molecule is Cc1ccccc1COc1cccnc1NC(N)=Nc1ccc(Cl)cc1. The van der Waals surface area contributed by atoms with Crippen LogP contribution in [0.3, 0.4) is 0 Å².